The number of rotatable bonds is 5. The topological polar surface area (TPSA) is 81.7 Å². The Bertz CT molecular complexity index is 611. The summed E-state index contributed by atoms with van der Waals surface area (Å²) in [6.07, 6.45) is 4.02. The lowest BCUT2D eigenvalue weighted by molar-refractivity contribution is -0.133. The number of hydrogen-bond acceptors (Lipinski definition) is 6. The summed E-state index contributed by atoms with van der Waals surface area (Å²) in [7, 11) is 5.44. The van der Waals surface area contributed by atoms with Gasteiger partial charge in [0.1, 0.15) is 0 Å². The Balaban J connectivity index is 1.49. The molecule has 2 amide bonds. The first-order valence-corrected chi connectivity index (χ1v) is 8.19. The first-order valence-electron chi connectivity index (χ1n) is 8.19. The summed E-state index contributed by atoms with van der Waals surface area (Å²) in [6.45, 7) is 2.99. The Morgan fingerprint density at radius 3 is 2.54 bits per heavy atom. The maximum Gasteiger partial charge on any atom is 0.225 e. The number of carbonyl (C=O) groups is 2. The van der Waals surface area contributed by atoms with Crippen molar-refractivity contribution < 1.29 is 9.59 Å². The number of amides is 2. The Kier molecular flexibility index (Phi) is 4.66. The summed E-state index contributed by atoms with van der Waals surface area (Å²) in [5.74, 6) is 0.541. The van der Waals surface area contributed by atoms with Crippen LogP contribution in [-0.2, 0) is 16.1 Å². The molecule has 0 aliphatic carbocycles. The molecule has 1 atom stereocenters. The molecule has 2 saturated heterocycles. The molecule has 0 spiro atoms. The highest BCUT2D eigenvalue weighted by molar-refractivity contribution is 5.89. The molecule has 1 N–H and O–H groups in total. The van der Waals surface area contributed by atoms with Crippen LogP contribution in [0.2, 0.25) is 0 Å². The average Bonchev–Trinajstić information content (AvgIpc) is 2.91. The number of nitrogens with one attached hydrogen (secondary N) is 1. The SMILES string of the molecule is CNC(=O)C1CC(=O)N(C2CN(Cc3cnc(N(C)C)nc3)C2)C1. The van der Waals surface area contributed by atoms with E-state index in [4.69, 9.17) is 0 Å². The van der Waals surface area contributed by atoms with Gasteiger partial charge in [-0.25, -0.2) is 9.97 Å². The standard InChI is InChI=1S/C16H24N6O2/c1-17-15(24)12-4-14(23)22(8-12)13-9-21(10-13)7-11-5-18-16(19-6-11)20(2)3/h5-6,12-13H,4,7-10H2,1-3H3,(H,17,24). The summed E-state index contributed by atoms with van der Waals surface area (Å²) in [5, 5.41) is 2.63. The second kappa shape index (κ2) is 6.72. The van der Waals surface area contributed by atoms with E-state index in [0.29, 0.717) is 18.9 Å². The largest absolute Gasteiger partial charge is 0.359 e. The summed E-state index contributed by atoms with van der Waals surface area (Å²) in [4.78, 5) is 38.4. The van der Waals surface area contributed by atoms with Crippen LogP contribution in [0.3, 0.4) is 0 Å². The predicted octanol–water partition coefficient (Wildman–Crippen LogP) is -0.679. The first-order chi connectivity index (χ1) is 11.5. The van der Waals surface area contributed by atoms with Crippen LogP contribution in [0.1, 0.15) is 12.0 Å². The van der Waals surface area contributed by atoms with Gasteiger partial charge in [0.2, 0.25) is 17.8 Å². The van der Waals surface area contributed by atoms with Crippen LogP contribution >= 0.6 is 0 Å². The van der Waals surface area contributed by atoms with E-state index in [9.17, 15) is 9.59 Å². The van der Waals surface area contributed by atoms with Gasteiger partial charge in [-0.3, -0.25) is 14.5 Å². The van der Waals surface area contributed by atoms with Crippen LogP contribution in [0.15, 0.2) is 12.4 Å². The van der Waals surface area contributed by atoms with Crippen molar-refractivity contribution in [2.45, 2.75) is 19.0 Å². The normalized spacial score (nSPS) is 21.7. The molecule has 0 aromatic carbocycles. The lowest BCUT2D eigenvalue weighted by Crippen LogP contribution is -2.59. The van der Waals surface area contributed by atoms with Gasteiger partial charge < -0.3 is 15.1 Å². The average molecular weight is 332 g/mol. The molecule has 2 fully saturated rings. The van der Waals surface area contributed by atoms with E-state index in [1.165, 1.54) is 0 Å². The molecule has 2 aliphatic rings. The number of nitrogens with zero attached hydrogens (tertiary/aromatic N) is 5. The summed E-state index contributed by atoms with van der Waals surface area (Å²) in [5.41, 5.74) is 1.06. The zero-order valence-electron chi connectivity index (χ0n) is 14.4. The first kappa shape index (κ1) is 16.6. The van der Waals surface area contributed by atoms with Crippen molar-refractivity contribution in [1.29, 1.82) is 0 Å². The van der Waals surface area contributed by atoms with E-state index in [-0.39, 0.29) is 23.8 Å². The van der Waals surface area contributed by atoms with Crippen LogP contribution < -0.4 is 10.2 Å². The Morgan fingerprint density at radius 1 is 1.29 bits per heavy atom. The van der Waals surface area contributed by atoms with E-state index in [1.807, 2.05) is 36.3 Å². The van der Waals surface area contributed by atoms with Gasteiger partial charge >= 0.3 is 0 Å². The fourth-order valence-electron chi connectivity index (χ4n) is 3.25. The molecular formula is C16H24N6O2. The molecule has 3 rings (SSSR count). The van der Waals surface area contributed by atoms with Crippen LogP contribution in [0, 0.1) is 5.92 Å². The Hall–Kier alpha value is -2.22. The van der Waals surface area contributed by atoms with E-state index < -0.39 is 0 Å². The summed E-state index contributed by atoms with van der Waals surface area (Å²) < 4.78 is 0. The molecule has 24 heavy (non-hydrogen) atoms. The van der Waals surface area contributed by atoms with Crippen molar-refractivity contribution in [2.24, 2.45) is 5.92 Å². The molecule has 3 heterocycles. The van der Waals surface area contributed by atoms with Crippen molar-refractivity contribution in [3.05, 3.63) is 18.0 Å². The third kappa shape index (κ3) is 3.33. The molecule has 1 aromatic heterocycles. The van der Waals surface area contributed by atoms with Gasteiger partial charge in [0, 0.05) is 71.7 Å². The second-order valence-corrected chi connectivity index (χ2v) is 6.70. The third-order valence-electron chi connectivity index (χ3n) is 4.65. The molecular weight excluding hydrogens is 308 g/mol. The van der Waals surface area contributed by atoms with Gasteiger partial charge in [-0.05, 0) is 0 Å². The van der Waals surface area contributed by atoms with Gasteiger partial charge in [0.15, 0.2) is 0 Å². The molecule has 1 aromatic rings. The highest BCUT2D eigenvalue weighted by atomic mass is 16.2. The fraction of sp³-hybridized carbons (Fsp3) is 0.625. The molecule has 0 saturated carbocycles. The van der Waals surface area contributed by atoms with E-state index >= 15 is 0 Å². The third-order valence-corrected chi connectivity index (χ3v) is 4.65. The molecule has 8 nitrogen and oxygen atoms in total. The van der Waals surface area contributed by atoms with Gasteiger partial charge in [-0.2, -0.15) is 0 Å². The molecule has 1 unspecified atom stereocenters. The van der Waals surface area contributed by atoms with Crippen LogP contribution in [0.25, 0.3) is 0 Å². The molecule has 0 radical (unpaired) electrons. The van der Waals surface area contributed by atoms with E-state index in [2.05, 4.69) is 20.2 Å². The number of hydrogen-bond donors (Lipinski definition) is 1. The predicted molar refractivity (Wildman–Crippen MR) is 89.3 cm³/mol. The lowest BCUT2D eigenvalue weighted by Gasteiger charge is -2.44. The second-order valence-electron chi connectivity index (χ2n) is 6.70. The van der Waals surface area contributed by atoms with E-state index in [0.717, 1.165) is 25.2 Å². The molecule has 130 valence electrons. The number of aromatic nitrogens is 2. The maximum absolute atomic E-state index is 12.1. The van der Waals surface area contributed by atoms with Crippen molar-refractivity contribution in [3.63, 3.8) is 0 Å². The Morgan fingerprint density at radius 2 is 1.96 bits per heavy atom. The van der Waals surface area contributed by atoms with Gasteiger partial charge in [-0.15, -0.1) is 0 Å². The number of carbonyl (C=O) groups excluding carboxylic acids is 2. The van der Waals surface area contributed by atoms with Crippen molar-refractivity contribution >= 4 is 17.8 Å². The maximum atomic E-state index is 12.1. The van der Waals surface area contributed by atoms with E-state index in [1.54, 1.807) is 7.05 Å². The summed E-state index contributed by atoms with van der Waals surface area (Å²) in [6, 6.07) is 0.217. The molecule has 8 heteroatoms. The van der Waals surface area contributed by atoms with Crippen molar-refractivity contribution in [1.82, 2.24) is 25.1 Å². The minimum Gasteiger partial charge on any atom is -0.359 e. The van der Waals surface area contributed by atoms with Crippen LogP contribution in [-0.4, -0.2) is 78.4 Å². The van der Waals surface area contributed by atoms with Crippen LogP contribution in [0.5, 0.6) is 0 Å². The highest BCUT2D eigenvalue weighted by Gasteiger charge is 2.41. The highest BCUT2D eigenvalue weighted by Crippen LogP contribution is 2.26. The lowest BCUT2D eigenvalue weighted by atomic mass is 10.1. The molecule has 2 aliphatic heterocycles. The number of anilines is 1. The van der Waals surface area contributed by atoms with Gasteiger partial charge in [-0.1, -0.05) is 0 Å². The van der Waals surface area contributed by atoms with Crippen molar-refractivity contribution in [3.8, 4) is 0 Å². The quantitative estimate of drug-likeness (QED) is 0.769. The van der Waals surface area contributed by atoms with Gasteiger partial charge in [0.25, 0.3) is 0 Å². The zero-order valence-corrected chi connectivity index (χ0v) is 14.4. The van der Waals surface area contributed by atoms with Gasteiger partial charge in [0.05, 0.1) is 12.0 Å². The summed E-state index contributed by atoms with van der Waals surface area (Å²) >= 11 is 0. The number of likely N-dealkylation sites (tertiary alicyclic amines) is 2. The smallest absolute Gasteiger partial charge is 0.225 e. The minimum atomic E-state index is -0.205. The molecule has 0 bridgehead atoms. The monoisotopic (exact) mass is 332 g/mol. The fourth-order valence-corrected chi connectivity index (χ4v) is 3.25. The van der Waals surface area contributed by atoms with Crippen molar-refractivity contribution in [2.75, 3.05) is 45.7 Å². The van der Waals surface area contributed by atoms with Crippen LogP contribution in [0.4, 0.5) is 5.95 Å². The zero-order chi connectivity index (χ0) is 17.3. The minimum absolute atomic E-state index is 0.0415. The Labute approximate surface area is 141 Å².